The molecule has 0 bridgehead atoms. The third-order valence-corrected chi connectivity index (χ3v) is 3.51. The zero-order chi connectivity index (χ0) is 13.8. The summed E-state index contributed by atoms with van der Waals surface area (Å²) in [6.07, 6.45) is 0.838. The zero-order valence-electron chi connectivity index (χ0n) is 10.4. The number of rotatable bonds is 5. The molecule has 0 saturated carbocycles. The normalized spacial score (nSPS) is 12.6. The lowest BCUT2D eigenvalue weighted by molar-refractivity contribution is 0.487. The molecular formula is C14H14F3NS. The number of hydrogen-bond donors (Lipinski definition) is 1. The van der Waals surface area contributed by atoms with E-state index in [1.54, 1.807) is 6.07 Å². The van der Waals surface area contributed by atoms with Gasteiger partial charge in [-0.1, -0.05) is 6.92 Å². The lowest BCUT2D eigenvalue weighted by Crippen LogP contribution is -2.25. The Hall–Kier alpha value is -1.33. The van der Waals surface area contributed by atoms with Crippen LogP contribution < -0.4 is 5.32 Å². The van der Waals surface area contributed by atoms with Crippen LogP contribution in [0.2, 0.25) is 0 Å². The number of thiophene rings is 1. The van der Waals surface area contributed by atoms with Crippen LogP contribution in [0.25, 0.3) is 0 Å². The van der Waals surface area contributed by atoms with Gasteiger partial charge in [0.2, 0.25) is 0 Å². The van der Waals surface area contributed by atoms with Gasteiger partial charge in [0.05, 0.1) is 6.04 Å². The van der Waals surface area contributed by atoms with Gasteiger partial charge < -0.3 is 5.32 Å². The SMILES string of the molecule is CCCNC(c1ccsc1)c1c(F)cc(F)cc1F. The fraction of sp³-hybridized carbons (Fsp3) is 0.286. The molecule has 0 amide bonds. The summed E-state index contributed by atoms with van der Waals surface area (Å²) in [5, 5.41) is 6.76. The van der Waals surface area contributed by atoms with E-state index in [2.05, 4.69) is 5.32 Å². The summed E-state index contributed by atoms with van der Waals surface area (Å²) in [7, 11) is 0. The highest BCUT2D eigenvalue weighted by atomic mass is 32.1. The monoisotopic (exact) mass is 285 g/mol. The molecule has 19 heavy (non-hydrogen) atoms. The summed E-state index contributed by atoms with van der Waals surface area (Å²) in [6, 6.07) is 2.64. The second-order valence-electron chi connectivity index (χ2n) is 4.23. The van der Waals surface area contributed by atoms with Crippen LogP contribution in [-0.2, 0) is 0 Å². The van der Waals surface area contributed by atoms with Gasteiger partial charge in [-0.3, -0.25) is 0 Å². The number of halogens is 3. The van der Waals surface area contributed by atoms with Gasteiger partial charge in [0, 0.05) is 17.7 Å². The maximum absolute atomic E-state index is 13.9. The summed E-state index contributed by atoms with van der Waals surface area (Å²) in [4.78, 5) is 0. The Bertz CT molecular complexity index is 517. The topological polar surface area (TPSA) is 12.0 Å². The van der Waals surface area contributed by atoms with Crippen molar-refractivity contribution >= 4 is 11.3 Å². The fourth-order valence-electron chi connectivity index (χ4n) is 1.94. The summed E-state index contributed by atoms with van der Waals surface area (Å²) in [5.41, 5.74) is 0.649. The van der Waals surface area contributed by atoms with Crippen molar-refractivity contribution in [1.29, 1.82) is 0 Å². The summed E-state index contributed by atoms with van der Waals surface area (Å²) in [6.45, 7) is 2.59. The molecule has 1 aromatic heterocycles. The van der Waals surface area contributed by atoms with E-state index in [-0.39, 0.29) is 5.56 Å². The molecule has 0 spiro atoms. The first-order chi connectivity index (χ1) is 9.13. The van der Waals surface area contributed by atoms with Crippen LogP contribution in [0.3, 0.4) is 0 Å². The number of benzene rings is 1. The fourth-order valence-corrected chi connectivity index (χ4v) is 2.63. The summed E-state index contributed by atoms with van der Waals surface area (Å²) >= 11 is 1.45. The third-order valence-electron chi connectivity index (χ3n) is 2.81. The van der Waals surface area contributed by atoms with E-state index in [1.807, 2.05) is 17.7 Å². The third kappa shape index (κ3) is 3.16. The van der Waals surface area contributed by atoms with Crippen LogP contribution in [-0.4, -0.2) is 6.54 Å². The Morgan fingerprint density at radius 2 is 1.89 bits per heavy atom. The summed E-state index contributed by atoms with van der Waals surface area (Å²) < 4.78 is 40.7. The molecule has 0 aliphatic carbocycles. The van der Waals surface area contributed by atoms with Crippen molar-refractivity contribution in [1.82, 2.24) is 5.32 Å². The van der Waals surface area contributed by atoms with Crippen molar-refractivity contribution in [2.75, 3.05) is 6.54 Å². The summed E-state index contributed by atoms with van der Waals surface area (Å²) in [5.74, 6) is -2.63. The zero-order valence-corrected chi connectivity index (χ0v) is 11.2. The van der Waals surface area contributed by atoms with E-state index < -0.39 is 23.5 Å². The molecule has 0 saturated heterocycles. The standard InChI is InChI=1S/C14H14F3NS/c1-2-4-18-14(9-3-5-19-8-9)13-11(16)6-10(15)7-12(13)17/h3,5-8,14,18H,2,4H2,1H3. The van der Waals surface area contributed by atoms with E-state index in [1.165, 1.54) is 11.3 Å². The Morgan fingerprint density at radius 1 is 1.21 bits per heavy atom. The van der Waals surface area contributed by atoms with Crippen LogP contribution >= 0.6 is 11.3 Å². The van der Waals surface area contributed by atoms with Crippen molar-refractivity contribution in [3.8, 4) is 0 Å². The van der Waals surface area contributed by atoms with Gasteiger partial charge in [-0.05, 0) is 35.4 Å². The van der Waals surface area contributed by atoms with Crippen LogP contribution in [0.5, 0.6) is 0 Å². The molecule has 1 heterocycles. The molecule has 0 radical (unpaired) electrons. The Morgan fingerprint density at radius 3 is 2.42 bits per heavy atom. The van der Waals surface area contributed by atoms with Crippen molar-refractivity contribution in [2.24, 2.45) is 0 Å². The first-order valence-corrected chi connectivity index (χ1v) is 6.97. The molecule has 0 fully saturated rings. The lowest BCUT2D eigenvalue weighted by Gasteiger charge is -2.19. The van der Waals surface area contributed by atoms with Gasteiger partial charge in [0.1, 0.15) is 17.5 Å². The molecule has 0 aliphatic rings. The number of nitrogens with one attached hydrogen (secondary N) is 1. The second-order valence-corrected chi connectivity index (χ2v) is 5.01. The van der Waals surface area contributed by atoms with E-state index in [9.17, 15) is 13.2 Å². The van der Waals surface area contributed by atoms with Gasteiger partial charge in [-0.15, -0.1) is 0 Å². The van der Waals surface area contributed by atoms with Crippen molar-refractivity contribution < 1.29 is 13.2 Å². The largest absolute Gasteiger partial charge is 0.306 e. The van der Waals surface area contributed by atoms with Crippen molar-refractivity contribution in [3.63, 3.8) is 0 Å². The van der Waals surface area contributed by atoms with Gasteiger partial charge in [-0.25, -0.2) is 13.2 Å². The minimum absolute atomic E-state index is 0.131. The Labute approximate surface area is 114 Å². The molecular weight excluding hydrogens is 271 g/mol. The molecule has 1 nitrogen and oxygen atoms in total. The molecule has 2 rings (SSSR count). The maximum Gasteiger partial charge on any atom is 0.134 e. The van der Waals surface area contributed by atoms with Crippen LogP contribution in [0, 0.1) is 17.5 Å². The van der Waals surface area contributed by atoms with Crippen LogP contribution in [0.15, 0.2) is 29.0 Å². The van der Waals surface area contributed by atoms with Crippen LogP contribution in [0.1, 0.15) is 30.5 Å². The average molecular weight is 285 g/mol. The van der Waals surface area contributed by atoms with Gasteiger partial charge in [0.25, 0.3) is 0 Å². The molecule has 1 atom stereocenters. The molecule has 102 valence electrons. The van der Waals surface area contributed by atoms with E-state index >= 15 is 0 Å². The van der Waals surface area contributed by atoms with E-state index in [4.69, 9.17) is 0 Å². The Kier molecular flexibility index (Phi) is 4.61. The molecule has 1 N–H and O–H groups in total. The predicted octanol–water partition coefficient (Wildman–Crippen LogP) is 4.25. The van der Waals surface area contributed by atoms with Crippen molar-refractivity contribution in [3.05, 3.63) is 57.5 Å². The minimum atomic E-state index is -0.904. The van der Waals surface area contributed by atoms with E-state index in [0.29, 0.717) is 18.7 Å². The quantitative estimate of drug-likeness (QED) is 0.865. The van der Waals surface area contributed by atoms with Gasteiger partial charge in [0.15, 0.2) is 0 Å². The molecule has 5 heteroatoms. The highest BCUT2D eigenvalue weighted by Gasteiger charge is 2.22. The molecule has 1 unspecified atom stereocenters. The van der Waals surface area contributed by atoms with Gasteiger partial charge in [-0.2, -0.15) is 11.3 Å². The highest BCUT2D eigenvalue weighted by molar-refractivity contribution is 7.08. The lowest BCUT2D eigenvalue weighted by atomic mass is 9.99. The molecule has 0 aliphatic heterocycles. The minimum Gasteiger partial charge on any atom is -0.306 e. The predicted molar refractivity (Wildman–Crippen MR) is 70.8 cm³/mol. The van der Waals surface area contributed by atoms with Gasteiger partial charge >= 0.3 is 0 Å². The number of hydrogen-bond acceptors (Lipinski definition) is 2. The first kappa shape index (κ1) is 14.1. The highest BCUT2D eigenvalue weighted by Crippen LogP contribution is 2.29. The first-order valence-electron chi connectivity index (χ1n) is 6.03. The Balaban J connectivity index is 2.44. The molecule has 1 aromatic carbocycles. The van der Waals surface area contributed by atoms with E-state index in [0.717, 1.165) is 12.0 Å². The average Bonchev–Trinajstić information content (AvgIpc) is 2.85. The second kappa shape index (κ2) is 6.21. The van der Waals surface area contributed by atoms with Crippen LogP contribution in [0.4, 0.5) is 13.2 Å². The molecule has 2 aromatic rings. The smallest absolute Gasteiger partial charge is 0.134 e. The van der Waals surface area contributed by atoms with Crippen molar-refractivity contribution in [2.45, 2.75) is 19.4 Å². The maximum atomic E-state index is 13.9.